The summed E-state index contributed by atoms with van der Waals surface area (Å²) in [6, 6.07) is 14.4. The molecule has 0 aliphatic carbocycles. The number of para-hydroxylation sites is 1. The summed E-state index contributed by atoms with van der Waals surface area (Å²) in [6.07, 6.45) is 1.43. The SMILES string of the molecule is N#Cc1ccccc1NC(=O)C[NH+]1CCC(C(=O)Nc2ccc3c(c2)OCO3)CC1. The average Bonchev–Trinajstić information content (AvgIpc) is 3.22. The van der Waals surface area contributed by atoms with Crippen molar-refractivity contribution in [2.24, 2.45) is 5.92 Å². The van der Waals surface area contributed by atoms with Crippen LogP contribution in [0.2, 0.25) is 0 Å². The minimum Gasteiger partial charge on any atom is -0.454 e. The highest BCUT2D eigenvalue weighted by Crippen LogP contribution is 2.34. The van der Waals surface area contributed by atoms with Crippen molar-refractivity contribution in [2.75, 3.05) is 37.1 Å². The number of fused-ring (bicyclic) bond motifs is 1. The van der Waals surface area contributed by atoms with E-state index >= 15 is 0 Å². The molecule has 30 heavy (non-hydrogen) atoms. The lowest BCUT2D eigenvalue weighted by Gasteiger charge is -2.28. The topological polar surface area (TPSA) is 105 Å². The van der Waals surface area contributed by atoms with E-state index in [1.165, 1.54) is 0 Å². The van der Waals surface area contributed by atoms with E-state index in [4.69, 9.17) is 14.7 Å². The van der Waals surface area contributed by atoms with E-state index in [1.807, 2.05) is 0 Å². The van der Waals surface area contributed by atoms with E-state index in [0.29, 0.717) is 47.8 Å². The van der Waals surface area contributed by atoms with Gasteiger partial charge < -0.3 is 25.0 Å². The molecule has 0 unspecified atom stereocenters. The number of ether oxygens (including phenoxy) is 2. The van der Waals surface area contributed by atoms with Gasteiger partial charge in [0.15, 0.2) is 18.0 Å². The molecule has 3 N–H and O–H groups in total. The van der Waals surface area contributed by atoms with Crippen LogP contribution in [0.5, 0.6) is 11.5 Å². The Balaban J connectivity index is 1.25. The van der Waals surface area contributed by atoms with Gasteiger partial charge in [0.1, 0.15) is 6.07 Å². The Hall–Kier alpha value is -3.57. The molecule has 0 aromatic heterocycles. The molecule has 0 bridgehead atoms. The molecule has 2 aromatic carbocycles. The van der Waals surface area contributed by atoms with Gasteiger partial charge in [-0.15, -0.1) is 0 Å². The maximum absolute atomic E-state index is 12.6. The van der Waals surface area contributed by atoms with Crippen molar-refractivity contribution in [3.8, 4) is 17.6 Å². The molecule has 4 rings (SSSR count). The lowest BCUT2D eigenvalue weighted by Crippen LogP contribution is -3.14. The van der Waals surface area contributed by atoms with Gasteiger partial charge >= 0.3 is 0 Å². The van der Waals surface area contributed by atoms with Crippen molar-refractivity contribution >= 4 is 23.2 Å². The summed E-state index contributed by atoms with van der Waals surface area (Å²) in [5, 5.41) is 14.9. The number of nitrogens with one attached hydrogen (secondary N) is 3. The molecule has 8 nitrogen and oxygen atoms in total. The standard InChI is InChI=1S/C22H22N4O4/c23-12-16-3-1-2-4-18(16)25-21(27)13-26-9-7-15(8-10-26)22(28)24-17-5-6-19-20(11-17)30-14-29-19/h1-6,11,15H,7-10,13-14H2,(H,24,28)(H,25,27)/p+1. The predicted molar refractivity (Wildman–Crippen MR) is 109 cm³/mol. The van der Waals surface area contributed by atoms with Gasteiger partial charge in [0.25, 0.3) is 5.91 Å². The predicted octanol–water partition coefficient (Wildman–Crippen LogP) is 1.16. The summed E-state index contributed by atoms with van der Waals surface area (Å²) in [5.74, 6) is 1.09. The van der Waals surface area contributed by atoms with E-state index < -0.39 is 0 Å². The number of nitriles is 1. The molecule has 2 aliphatic rings. The third kappa shape index (κ3) is 4.53. The number of anilines is 2. The van der Waals surface area contributed by atoms with Gasteiger partial charge in [-0.05, 0) is 24.3 Å². The van der Waals surface area contributed by atoms with Crippen LogP contribution in [0, 0.1) is 17.2 Å². The zero-order chi connectivity index (χ0) is 20.9. The minimum absolute atomic E-state index is 0.0136. The molecule has 1 fully saturated rings. The van der Waals surface area contributed by atoms with Crippen molar-refractivity contribution in [1.82, 2.24) is 0 Å². The van der Waals surface area contributed by atoms with Crippen molar-refractivity contribution in [3.63, 3.8) is 0 Å². The third-order valence-corrected chi connectivity index (χ3v) is 5.44. The van der Waals surface area contributed by atoms with Gasteiger partial charge in [0.05, 0.1) is 24.3 Å². The molecular weight excluding hydrogens is 384 g/mol. The van der Waals surface area contributed by atoms with E-state index in [-0.39, 0.29) is 24.5 Å². The van der Waals surface area contributed by atoms with E-state index in [9.17, 15) is 9.59 Å². The second-order valence-corrected chi connectivity index (χ2v) is 7.46. The largest absolute Gasteiger partial charge is 0.454 e. The molecule has 0 radical (unpaired) electrons. The highest BCUT2D eigenvalue weighted by Gasteiger charge is 2.29. The first kappa shape index (κ1) is 19.7. The Morgan fingerprint density at radius 1 is 1.07 bits per heavy atom. The van der Waals surface area contributed by atoms with Crippen molar-refractivity contribution in [2.45, 2.75) is 12.8 Å². The Kier molecular flexibility index (Phi) is 5.82. The fraction of sp³-hybridized carbons (Fsp3) is 0.318. The highest BCUT2D eigenvalue weighted by molar-refractivity contribution is 5.93. The number of carbonyl (C=O) groups is 2. The Labute approximate surface area is 174 Å². The van der Waals surface area contributed by atoms with Crippen LogP contribution >= 0.6 is 0 Å². The Bertz CT molecular complexity index is 993. The van der Waals surface area contributed by atoms with Gasteiger partial charge in [-0.25, -0.2) is 0 Å². The summed E-state index contributed by atoms with van der Waals surface area (Å²) < 4.78 is 10.6. The molecule has 2 aromatic rings. The average molecular weight is 407 g/mol. The maximum Gasteiger partial charge on any atom is 0.279 e. The zero-order valence-electron chi connectivity index (χ0n) is 16.4. The van der Waals surface area contributed by atoms with Crippen LogP contribution in [-0.2, 0) is 9.59 Å². The molecule has 0 atom stereocenters. The van der Waals surface area contributed by atoms with Gasteiger partial charge in [0, 0.05) is 30.5 Å². The maximum atomic E-state index is 12.6. The molecule has 0 saturated carbocycles. The second-order valence-electron chi connectivity index (χ2n) is 7.46. The number of rotatable bonds is 5. The number of nitrogens with zero attached hydrogens (tertiary/aromatic N) is 1. The lowest BCUT2D eigenvalue weighted by atomic mass is 9.95. The smallest absolute Gasteiger partial charge is 0.279 e. The van der Waals surface area contributed by atoms with Gasteiger partial charge in [-0.3, -0.25) is 9.59 Å². The van der Waals surface area contributed by atoms with E-state index in [1.54, 1.807) is 42.5 Å². The van der Waals surface area contributed by atoms with Gasteiger partial charge in [0.2, 0.25) is 12.7 Å². The van der Waals surface area contributed by atoms with Gasteiger partial charge in [-0.2, -0.15) is 5.26 Å². The highest BCUT2D eigenvalue weighted by atomic mass is 16.7. The molecule has 154 valence electrons. The van der Waals surface area contributed by atoms with Crippen LogP contribution in [0.15, 0.2) is 42.5 Å². The van der Waals surface area contributed by atoms with Crippen molar-refractivity contribution in [3.05, 3.63) is 48.0 Å². The number of benzene rings is 2. The van der Waals surface area contributed by atoms with Crippen LogP contribution in [0.1, 0.15) is 18.4 Å². The summed E-state index contributed by atoms with van der Waals surface area (Å²) in [7, 11) is 0. The quantitative estimate of drug-likeness (QED) is 0.690. The molecule has 2 aliphatic heterocycles. The first-order valence-corrected chi connectivity index (χ1v) is 9.95. The molecule has 2 amide bonds. The number of hydrogen-bond acceptors (Lipinski definition) is 5. The number of likely N-dealkylation sites (tertiary alicyclic amines) is 1. The summed E-state index contributed by atoms with van der Waals surface area (Å²) in [5.41, 5.74) is 1.66. The van der Waals surface area contributed by atoms with Gasteiger partial charge in [-0.1, -0.05) is 12.1 Å². The number of amides is 2. The fourth-order valence-electron chi connectivity index (χ4n) is 3.79. The molecule has 2 heterocycles. The summed E-state index contributed by atoms with van der Waals surface area (Å²) >= 11 is 0. The summed E-state index contributed by atoms with van der Waals surface area (Å²) in [6.45, 7) is 2.00. The zero-order valence-corrected chi connectivity index (χ0v) is 16.4. The second kappa shape index (κ2) is 8.84. The number of piperidine rings is 1. The molecule has 1 saturated heterocycles. The van der Waals surface area contributed by atoms with E-state index in [0.717, 1.165) is 18.0 Å². The fourth-order valence-corrected chi connectivity index (χ4v) is 3.79. The number of quaternary nitrogens is 1. The van der Waals surface area contributed by atoms with Crippen LogP contribution < -0.4 is 25.0 Å². The molecule has 8 heteroatoms. The summed E-state index contributed by atoms with van der Waals surface area (Å²) in [4.78, 5) is 26.1. The lowest BCUT2D eigenvalue weighted by molar-refractivity contribution is -0.897. The first-order valence-electron chi connectivity index (χ1n) is 9.95. The Morgan fingerprint density at radius 3 is 2.63 bits per heavy atom. The monoisotopic (exact) mass is 407 g/mol. The molecular formula is C22H23N4O4+. The third-order valence-electron chi connectivity index (χ3n) is 5.44. The molecule has 0 spiro atoms. The van der Waals surface area contributed by atoms with Crippen LogP contribution in [0.4, 0.5) is 11.4 Å². The van der Waals surface area contributed by atoms with Crippen molar-refractivity contribution in [1.29, 1.82) is 5.26 Å². The van der Waals surface area contributed by atoms with Crippen LogP contribution in [-0.4, -0.2) is 38.2 Å². The number of hydrogen-bond donors (Lipinski definition) is 3. The minimum atomic E-state index is -0.129. The number of carbonyl (C=O) groups excluding carboxylic acids is 2. The van der Waals surface area contributed by atoms with Crippen LogP contribution in [0.3, 0.4) is 0 Å². The van der Waals surface area contributed by atoms with Crippen molar-refractivity contribution < 1.29 is 24.0 Å². The normalized spacial score (nSPS) is 19.6. The Morgan fingerprint density at radius 2 is 1.83 bits per heavy atom. The first-order chi connectivity index (χ1) is 14.6. The van der Waals surface area contributed by atoms with E-state index in [2.05, 4.69) is 16.7 Å². The van der Waals surface area contributed by atoms with Crippen LogP contribution in [0.25, 0.3) is 0 Å².